The van der Waals surface area contributed by atoms with Gasteiger partial charge in [0.05, 0.1) is 11.4 Å². The van der Waals surface area contributed by atoms with Crippen molar-refractivity contribution in [3.05, 3.63) is 84.4 Å². The van der Waals surface area contributed by atoms with E-state index in [9.17, 15) is 13.6 Å². The van der Waals surface area contributed by atoms with E-state index in [1.807, 2.05) is 30.3 Å². The van der Waals surface area contributed by atoms with Gasteiger partial charge in [0.1, 0.15) is 5.75 Å². The summed E-state index contributed by atoms with van der Waals surface area (Å²) in [6, 6.07) is 21.7. The van der Waals surface area contributed by atoms with Gasteiger partial charge in [0.15, 0.2) is 0 Å². The predicted octanol–water partition coefficient (Wildman–Crippen LogP) is 5.96. The molecule has 0 radical (unpaired) electrons. The number of alkyl halides is 2. The minimum Gasteiger partial charge on any atom is -0.435 e. The largest absolute Gasteiger partial charge is 0.435 e. The molecular weight excluding hydrogens is 352 g/mol. The first-order chi connectivity index (χ1) is 13.1. The smallest absolute Gasteiger partial charge is 0.387 e. The van der Waals surface area contributed by atoms with Crippen molar-refractivity contribution >= 4 is 23.0 Å². The summed E-state index contributed by atoms with van der Waals surface area (Å²) in [6.07, 6.45) is 0. The number of hydrogen-bond acceptors (Lipinski definition) is 4. The van der Waals surface area contributed by atoms with Gasteiger partial charge in [0.25, 0.3) is 5.91 Å². The molecule has 1 N–H and O–H groups in total. The quantitative estimate of drug-likeness (QED) is 0.547. The van der Waals surface area contributed by atoms with E-state index < -0.39 is 12.5 Å². The molecule has 0 aliphatic rings. The first kappa shape index (κ1) is 18.2. The highest BCUT2D eigenvalue weighted by Crippen LogP contribution is 2.21. The fraction of sp³-hybridized carbons (Fsp3) is 0.0500. The van der Waals surface area contributed by atoms with Gasteiger partial charge in [0, 0.05) is 11.3 Å². The first-order valence-corrected chi connectivity index (χ1v) is 8.03. The zero-order chi connectivity index (χ0) is 19.1. The van der Waals surface area contributed by atoms with Crippen LogP contribution in [0.2, 0.25) is 0 Å². The lowest BCUT2D eigenvalue weighted by molar-refractivity contribution is -0.0498. The average Bonchev–Trinajstić information content (AvgIpc) is 2.68. The minimum absolute atomic E-state index is 0.0747. The van der Waals surface area contributed by atoms with Crippen LogP contribution in [0.1, 0.15) is 10.4 Å². The lowest BCUT2D eigenvalue weighted by atomic mass is 10.2. The maximum Gasteiger partial charge on any atom is 0.387 e. The van der Waals surface area contributed by atoms with Crippen LogP contribution in [0.4, 0.5) is 25.8 Å². The summed E-state index contributed by atoms with van der Waals surface area (Å²) >= 11 is 0. The Morgan fingerprint density at radius 2 is 1.52 bits per heavy atom. The molecule has 3 aromatic carbocycles. The third-order valence-electron chi connectivity index (χ3n) is 3.48. The molecule has 0 aliphatic heterocycles. The Balaban J connectivity index is 1.64. The molecule has 0 saturated carbocycles. The summed E-state index contributed by atoms with van der Waals surface area (Å²) in [5.41, 5.74) is 2.12. The number of carbonyl (C=O) groups is 1. The number of nitrogens with one attached hydrogen (secondary N) is 1. The third kappa shape index (κ3) is 5.43. The zero-order valence-electron chi connectivity index (χ0n) is 14.0. The highest BCUT2D eigenvalue weighted by Gasteiger charge is 2.10. The zero-order valence-corrected chi connectivity index (χ0v) is 14.0. The molecule has 0 bridgehead atoms. The SMILES string of the molecule is O=C(Nc1ccc(N=Nc2ccccc2)cc1)c1cccc(OC(F)F)c1. The number of nitrogens with zero attached hydrogens (tertiary/aromatic N) is 2. The fourth-order valence-electron chi connectivity index (χ4n) is 2.24. The predicted molar refractivity (Wildman–Crippen MR) is 98.1 cm³/mol. The van der Waals surface area contributed by atoms with E-state index in [1.165, 1.54) is 24.3 Å². The van der Waals surface area contributed by atoms with Crippen LogP contribution in [0.5, 0.6) is 5.75 Å². The van der Waals surface area contributed by atoms with Crippen LogP contribution in [0, 0.1) is 0 Å². The number of azo groups is 1. The number of amides is 1. The van der Waals surface area contributed by atoms with Gasteiger partial charge in [-0.15, -0.1) is 0 Å². The molecule has 3 aromatic rings. The van der Waals surface area contributed by atoms with Gasteiger partial charge in [-0.05, 0) is 54.6 Å². The maximum atomic E-state index is 12.3. The van der Waals surface area contributed by atoms with Crippen LogP contribution in [0.15, 0.2) is 89.1 Å². The van der Waals surface area contributed by atoms with Crippen LogP contribution in [-0.2, 0) is 0 Å². The molecule has 136 valence electrons. The normalized spacial score (nSPS) is 10.9. The van der Waals surface area contributed by atoms with Crippen LogP contribution < -0.4 is 10.1 Å². The minimum atomic E-state index is -2.94. The van der Waals surface area contributed by atoms with Crippen LogP contribution in [0.25, 0.3) is 0 Å². The number of anilines is 1. The standard InChI is InChI=1S/C20H15F2N3O2/c21-20(22)27-18-8-4-5-14(13-18)19(26)23-15-9-11-17(12-10-15)25-24-16-6-2-1-3-7-16/h1-13,20H,(H,23,26). The third-order valence-corrected chi connectivity index (χ3v) is 3.48. The number of benzene rings is 3. The summed E-state index contributed by atoms with van der Waals surface area (Å²) in [4.78, 5) is 12.3. The van der Waals surface area contributed by atoms with Crippen LogP contribution >= 0.6 is 0 Å². The van der Waals surface area contributed by atoms with Crippen molar-refractivity contribution in [1.82, 2.24) is 0 Å². The molecule has 3 rings (SSSR count). The summed E-state index contributed by atoms with van der Waals surface area (Å²) in [6.45, 7) is -2.94. The van der Waals surface area contributed by atoms with Crippen molar-refractivity contribution in [1.29, 1.82) is 0 Å². The van der Waals surface area contributed by atoms with E-state index in [4.69, 9.17) is 0 Å². The second kappa shape index (κ2) is 8.66. The van der Waals surface area contributed by atoms with Crippen LogP contribution in [0.3, 0.4) is 0 Å². The molecule has 0 aromatic heterocycles. The van der Waals surface area contributed by atoms with E-state index in [-0.39, 0.29) is 11.3 Å². The van der Waals surface area contributed by atoms with E-state index in [1.54, 1.807) is 24.3 Å². The Morgan fingerprint density at radius 1 is 0.852 bits per heavy atom. The molecule has 0 heterocycles. The molecule has 0 aliphatic carbocycles. The van der Waals surface area contributed by atoms with Gasteiger partial charge in [-0.1, -0.05) is 24.3 Å². The molecule has 0 fully saturated rings. The van der Waals surface area contributed by atoms with Gasteiger partial charge >= 0.3 is 6.61 Å². The molecule has 7 heteroatoms. The molecule has 1 amide bonds. The lowest BCUT2D eigenvalue weighted by Gasteiger charge is -2.08. The van der Waals surface area contributed by atoms with Gasteiger partial charge in [-0.25, -0.2) is 0 Å². The average molecular weight is 367 g/mol. The number of hydrogen-bond donors (Lipinski definition) is 1. The Morgan fingerprint density at radius 3 is 2.19 bits per heavy atom. The number of ether oxygens (including phenoxy) is 1. The van der Waals surface area contributed by atoms with E-state index in [2.05, 4.69) is 20.3 Å². The number of carbonyl (C=O) groups excluding carboxylic acids is 1. The van der Waals surface area contributed by atoms with Gasteiger partial charge in [-0.3, -0.25) is 4.79 Å². The Bertz CT molecular complexity index is 929. The van der Waals surface area contributed by atoms with Gasteiger partial charge < -0.3 is 10.1 Å². The van der Waals surface area contributed by atoms with E-state index in [0.717, 1.165) is 5.69 Å². The Labute approximate surface area is 154 Å². The molecular formula is C20H15F2N3O2. The fourth-order valence-corrected chi connectivity index (χ4v) is 2.24. The second-order valence-electron chi connectivity index (χ2n) is 5.44. The summed E-state index contributed by atoms with van der Waals surface area (Å²) in [5.74, 6) is -0.511. The molecule has 0 unspecified atom stereocenters. The van der Waals surface area contributed by atoms with Crippen LogP contribution in [-0.4, -0.2) is 12.5 Å². The van der Waals surface area contributed by atoms with Crippen molar-refractivity contribution in [3.8, 4) is 5.75 Å². The van der Waals surface area contributed by atoms with Crippen molar-refractivity contribution in [2.75, 3.05) is 5.32 Å². The van der Waals surface area contributed by atoms with Crippen molar-refractivity contribution in [3.63, 3.8) is 0 Å². The highest BCUT2D eigenvalue weighted by atomic mass is 19.3. The summed E-state index contributed by atoms with van der Waals surface area (Å²) in [5, 5.41) is 10.9. The molecule has 0 spiro atoms. The van der Waals surface area contributed by atoms with Crippen molar-refractivity contribution in [2.24, 2.45) is 10.2 Å². The molecule has 0 saturated heterocycles. The number of rotatable bonds is 6. The maximum absolute atomic E-state index is 12.3. The molecule has 5 nitrogen and oxygen atoms in total. The number of halogens is 2. The highest BCUT2D eigenvalue weighted by molar-refractivity contribution is 6.04. The first-order valence-electron chi connectivity index (χ1n) is 8.03. The lowest BCUT2D eigenvalue weighted by Crippen LogP contribution is -2.12. The van der Waals surface area contributed by atoms with Gasteiger partial charge in [-0.2, -0.15) is 19.0 Å². The summed E-state index contributed by atoms with van der Waals surface area (Å²) in [7, 11) is 0. The van der Waals surface area contributed by atoms with Crippen molar-refractivity contribution < 1.29 is 18.3 Å². The second-order valence-corrected chi connectivity index (χ2v) is 5.44. The summed E-state index contributed by atoms with van der Waals surface area (Å²) < 4.78 is 28.8. The monoisotopic (exact) mass is 367 g/mol. The Hall–Kier alpha value is -3.61. The topological polar surface area (TPSA) is 63.0 Å². The van der Waals surface area contributed by atoms with Crippen molar-refractivity contribution in [2.45, 2.75) is 6.61 Å². The Kier molecular flexibility index (Phi) is 5.84. The van der Waals surface area contributed by atoms with Gasteiger partial charge in [0.2, 0.25) is 0 Å². The van der Waals surface area contributed by atoms with E-state index in [0.29, 0.717) is 11.4 Å². The molecule has 27 heavy (non-hydrogen) atoms. The molecule has 0 atom stereocenters. The van der Waals surface area contributed by atoms with E-state index >= 15 is 0 Å².